The lowest BCUT2D eigenvalue weighted by molar-refractivity contribution is -0.120. The van der Waals surface area contributed by atoms with E-state index in [1.807, 2.05) is 36.5 Å². The molecule has 1 aromatic heterocycles. The van der Waals surface area contributed by atoms with Gasteiger partial charge in [-0.2, -0.15) is 0 Å². The highest BCUT2D eigenvalue weighted by molar-refractivity contribution is 5.85. The first-order chi connectivity index (χ1) is 12.8. The predicted molar refractivity (Wildman–Crippen MR) is 112 cm³/mol. The van der Waals surface area contributed by atoms with Gasteiger partial charge in [0.1, 0.15) is 0 Å². The fourth-order valence-corrected chi connectivity index (χ4v) is 3.13. The number of rotatable bonds is 9. The van der Waals surface area contributed by atoms with Gasteiger partial charge in [-0.15, -0.1) is 12.4 Å². The number of nitrogens with one attached hydrogen (secondary N) is 3. The van der Waals surface area contributed by atoms with Gasteiger partial charge in [0, 0.05) is 43.2 Å². The Labute approximate surface area is 165 Å². The number of halogens is 1. The lowest BCUT2D eigenvalue weighted by atomic mass is 9.91. The Morgan fingerprint density at radius 1 is 1.11 bits per heavy atom. The minimum atomic E-state index is -0.0122. The standard InChI is InChI=1S/C21H25N3O2.ClH/c1-26-12-11-22-15-21(25)24-13-18(16-7-3-2-4-8-16)19-14-23-20-10-6-5-9-17(19)20;/h2-10,14,18,22-23H,11-13,15H2,1H3,(H,24,25);1H. The molecule has 0 aliphatic rings. The van der Waals surface area contributed by atoms with Gasteiger partial charge in [-0.05, 0) is 17.2 Å². The molecule has 0 aliphatic carbocycles. The second-order valence-electron chi connectivity index (χ2n) is 6.23. The van der Waals surface area contributed by atoms with E-state index in [2.05, 4.69) is 39.9 Å². The van der Waals surface area contributed by atoms with Crippen molar-refractivity contribution in [3.63, 3.8) is 0 Å². The zero-order valence-corrected chi connectivity index (χ0v) is 16.2. The highest BCUT2D eigenvalue weighted by atomic mass is 35.5. The molecule has 1 atom stereocenters. The lowest BCUT2D eigenvalue weighted by Crippen LogP contribution is -2.37. The first-order valence-electron chi connectivity index (χ1n) is 8.87. The van der Waals surface area contributed by atoms with E-state index in [0.29, 0.717) is 26.2 Å². The molecule has 3 N–H and O–H groups in total. The van der Waals surface area contributed by atoms with E-state index in [1.165, 1.54) is 16.5 Å². The van der Waals surface area contributed by atoms with E-state index in [-0.39, 0.29) is 24.2 Å². The van der Waals surface area contributed by atoms with Crippen LogP contribution in [0.15, 0.2) is 60.8 Å². The molecule has 2 aromatic carbocycles. The van der Waals surface area contributed by atoms with Gasteiger partial charge in [-0.25, -0.2) is 0 Å². The fraction of sp³-hybridized carbons (Fsp3) is 0.286. The number of carbonyl (C=O) groups excluding carboxylic acids is 1. The van der Waals surface area contributed by atoms with Crippen LogP contribution in [0, 0.1) is 0 Å². The predicted octanol–water partition coefficient (Wildman–Crippen LogP) is 3.07. The number of para-hydroxylation sites is 1. The number of fused-ring (bicyclic) bond motifs is 1. The molecule has 1 unspecified atom stereocenters. The molecule has 27 heavy (non-hydrogen) atoms. The third kappa shape index (κ3) is 5.57. The van der Waals surface area contributed by atoms with Gasteiger partial charge in [0.15, 0.2) is 0 Å². The molecule has 0 spiro atoms. The Morgan fingerprint density at radius 3 is 2.63 bits per heavy atom. The summed E-state index contributed by atoms with van der Waals surface area (Å²) in [6.07, 6.45) is 2.05. The average molecular weight is 388 g/mol. The van der Waals surface area contributed by atoms with Crippen molar-refractivity contribution in [2.45, 2.75) is 5.92 Å². The number of methoxy groups -OCH3 is 1. The summed E-state index contributed by atoms with van der Waals surface area (Å²) in [7, 11) is 1.65. The number of aromatic nitrogens is 1. The number of hydrogen-bond acceptors (Lipinski definition) is 3. The molecular formula is C21H26ClN3O2. The zero-order chi connectivity index (χ0) is 18.2. The van der Waals surface area contributed by atoms with E-state index >= 15 is 0 Å². The molecule has 0 saturated heterocycles. The quantitative estimate of drug-likeness (QED) is 0.494. The summed E-state index contributed by atoms with van der Waals surface area (Å²) in [5, 5.41) is 7.31. The van der Waals surface area contributed by atoms with Crippen molar-refractivity contribution in [1.82, 2.24) is 15.6 Å². The van der Waals surface area contributed by atoms with Crippen molar-refractivity contribution in [3.05, 3.63) is 71.9 Å². The molecule has 0 radical (unpaired) electrons. The first-order valence-corrected chi connectivity index (χ1v) is 8.87. The van der Waals surface area contributed by atoms with E-state index in [9.17, 15) is 4.79 Å². The average Bonchev–Trinajstić information content (AvgIpc) is 3.10. The molecule has 0 fully saturated rings. The van der Waals surface area contributed by atoms with E-state index in [0.717, 1.165) is 5.52 Å². The summed E-state index contributed by atoms with van der Waals surface area (Å²) in [5.74, 6) is 0.0807. The summed E-state index contributed by atoms with van der Waals surface area (Å²) in [5.41, 5.74) is 3.49. The van der Waals surface area contributed by atoms with Gasteiger partial charge < -0.3 is 20.4 Å². The summed E-state index contributed by atoms with van der Waals surface area (Å²) < 4.78 is 4.97. The monoisotopic (exact) mass is 387 g/mol. The van der Waals surface area contributed by atoms with Crippen LogP contribution in [0.25, 0.3) is 10.9 Å². The Bertz CT molecular complexity index is 836. The topological polar surface area (TPSA) is 66.2 Å². The second kappa shape index (κ2) is 10.7. The Balaban J connectivity index is 0.00000261. The molecular weight excluding hydrogens is 362 g/mol. The van der Waals surface area contributed by atoms with Crippen LogP contribution in [-0.4, -0.2) is 44.2 Å². The molecule has 0 bridgehead atoms. The highest BCUT2D eigenvalue weighted by Gasteiger charge is 2.18. The molecule has 5 nitrogen and oxygen atoms in total. The third-order valence-electron chi connectivity index (χ3n) is 4.47. The lowest BCUT2D eigenvalue weighted by Gasteiger charge is -2.18. The van der Waals surface area contributed by atoms with Gasteiger partial charge >= 0.3 is 0 Å². The van der Waals surface area contributed by atoms with Crippen molar-refractivity contribution >= 4 is 29.2 Å². The smallest absolute Gasteiger partial charge is 0.233 e. The minimum Gasteiger partial charge on any atom is -0.383 e. The van der Waals surface area contributed by atoms with Crippen LogP contribution in [-0.2, 0) is 9.53 Å². The van der Waals surface area contributed by atoms with Crippen molar-refractivity contribution in [1.29, 1.82) is 0 Å². The first kappa shape index (κ1) is 21.0. The molecule has 144 valence electrons. The number of ether oxygens (including phenoxy) is 1. The van der Waals surface area contributed by atoms with Crippen molar-refractivity contribution in [3.8, 4) is 0 Å². The number of aromatic amines is 1. The highest BCUT2D eigenvalue weighted by Crippen LogP contribution is 2.30. The number of benzene rings is 2. The normalized spacial score (nSPS) is 11.7. The van der Waals surface area contributed by atoms with Crippen LogP contribution in [0.4, 0.5) is 0 Å². The van der Waals surface area contributed by atoms with Gasteiger partial charge in [0.25, 0.3) is 0 Å². The maximum atomic E-state index is 12.2. The largest absolute Gasteiger partial charge is 0.383 e. The second-order valence-corrected chi connectivity index (χ2v) is 6.23. The third-order valence-corrected chi connectivity index (χ3v) is 4.47. The van der Waals surface area contributed by atoms with Crippen LogP contribution in [0.3, 0.4) is 0 Å². The molecule has 0 saturated carbocycles. The SMILES string of the molecule is COCCNCC(=O)NCC(c1ccccc1)c1c[nH]c2ccccc12.Cl. The van der Waals surface area contributed by atoms with E-state index in [1.54, 1.807) is 7.11 Å². The van der Waals surface area contributed by atoms with Crippen LogP contribution in [0.1, 0.15) is 17.0 Å². The van der Waals surface area contributed by atoms with Crippen LogP contribution < -0.4 is 10.6 Å². The Hall–Kier alpha value is -2.34. The zero-order valence-electron chi connectivity index (χ0n) is 15.4. The molecule has 6 heteroatoms. The van der Waals surface area contributed by atoms with Crippen LogP contribution in [0.5, 0.6) is 0 Å². The number of amides is 1. The summed E-state index contributed by atoms with van der Waals surface area (Å²) in [6, 6.07) is 18.5. The number of H-pyrrole nitrogens is 1. The van der Waals surface area contributed by atoms with Gasteiger partial charge in [0.2, 0.25) is 5.91 Å². The van der Waals surface area contributed by atoms with Crippen molar-refractivity contribution in [2.75, 3.05) is 33.4 Å². The maximum absolute atomic E-state index is 12.2. The Kier molecular flexibility index (Phi) is 8.33. The molecule has 0 aliphatic heterocycles. The summed E-state index contributed by atoms with van der Waals surface area (Å²) in [4.78, 5) is 15.5. The van der Waals surface area contributed by atoms with E-state index in [4.69, 9.17) is 4.74 Å². The summed E-state index contributed by atoms with van der Waals surface area (Å²) in [6.45, 7) is 2.10. The van der Waals surface area contributed by atoms with Crippen molar-refractivity contribution in [2.24, 2.45) is 0 Å². The number of carbonyl (C=O) groups is 1. The molecule has 1 amide bonds. The minimum absolute atomic E-state index is 0. The molecule has 1 heterocycles. The van der Waals surface area contributed by atoms with Crippen LogP contribution >= 0.6 is 12.4 Å². The van der Waals surface area contributed by atoms with Gasteiger partial charge in [-0.3, -0.25) is 4.79 Å². The molecule has 3 rings (SSSR count). The van der Waals surface area contributed by atoms with E-state index < -0.39 is 0 Å². The summed E-state index contributed by atoms with van der Waals surface area (Å²) >= 11 is 0. The van der Waals surface area contributed by atoms with Crippen molar-refractivity contribution < 1.29 is 9.53 Å². The number of hydrogen-bond donors (Lipinski definition) is 3. The van der Waals surface area contributed by atoms with Crippen LogP contribution in [0.2, 0.25) is 0 Å². The Morgan fingerprint density at radius 2 is 1.85 bits per heavy atom. The van der Waals surface area contributed by atoms with Gasteiger partial charge in [-0.1, -0.05) is 48.5 Å². The maximum Gasteiger partial charge on any atom is 0.233 e. The van der Waals surface area contributed by atoms with Gasteiger partial charge in [0.05, 0.1) is 13.2 Å². The molecule has 3 aromatic rings. The fourth-order valence-electron chi connectivity index (χ4n) is 3.13.